The zero-order valence-corrected chi connectivity index (χ0v) is 12.1. The van der Waals surface area contributed by atoms with E-state index in [9.17, 15) is 4.79 Å². The molecule has 1 saturated carbocycles. The fraction of sp³-hybridized carbons (Fsp3) is 0.533. The van der Waals surface area contributed by atoms with Crippen LogP contribution in [-0.2, 0) is 0 Å². The van der Waals surface area contributed by atoms with Crippen LogP contribution in [0.3, 0.4) is 0 Å². The van der Waals surface area contributed by atoms with Crippen molar-refractivity contribution in [1.29, 1.82) is 0 Å². The number of benzene rings is 1. The number of aryl methyl sites for hydroxylation is 1. The molecule has 92 valence electrons. The number of halogens is 1. The van der Waals surface area contributed by atoms with Crippen molar-refractivity contribution in [3.05, 3.63) is 33.8 Å². The second-order valence-electron chi connectivity index (χ2n) is 5.32. The average molecular weight is 295 g/mol. The fourth-order valence-corrected chi connectivity index (χ4v) is 3.16. The molecule has 2 atom stereocenters. The van der Waals surface area contributed by atoms with E-state index in [-0.39, 0.29) is 5.92 Å². The van der Waals surface area contributed by atoms with Crippen molar-refractivity contribution in [2.24, 2.45) is 11.8 Å². The van der Waals surface area contributed by atoms with Gasteiger partial charge in [0.25, 0.3) is 0 Å². The SMILES string of the molecule is Cc1ccc(Br)c(C(=O)C2CCCC(C)C2)c1. The van der Waals surface area contributed by atoms with Gasteiger partial charge in [0, 0.05) is 16.0 Å². The molecule has 0 aliphatic heterocycles. The molecule has 0 amide bonds. The highest BCUT2D eigenvalue weighted by Crippen LogP contribution is 2.32. The maximum absolute atomic E-state index is 12.5. The molecule has 17 heavy (non-hydrogen) atoms. The summed E-state index contributed by atoms with van der Waals surface area (Å²) in [5, 5.41) is 0. The minimum Gasteiger partial charge on any atom is -0.294 e. The van der Waals surface area contributed by atoms with E-state index in [0.29, 0.717) is 11.7 Å². The van der Waals surface area contributed by atoms with Crippen LogP contribution in [0.5, 0.6) is 0 Å². The van der Waals surface area contributed by atoms with E-state index in [1.165, 1.54) is 12.8 Å². The van der Waals surface area contributed by atoms with Crippen LogP contribution in [0.2, 0.25) is 0 Å². The van der Waals surface area contributed by atoms with Crippen molar-refractivity contribution in [2.75, 3.05) is 0 Å². The third kappa shape index (κ3) is 2.98. The summed E-state index contributed by atoms with van der Waals surface area (Å²) in [6.07, 6.45) is 4.59. The second-order valence-corrected chi connectivity index (χ2v) is 6.17. The molecular weight excluding hydrogens is 276 g/mol. The van der Waals surface area contributed by atoms with Gasteiger partial charge in [-0.2, -0.15) is 0 Å². The quantitative estimate of drug-likeness (QED) is 0.718. The normalized spacial score (nSPS) is 24.6. The molecule has 1 aromatic carbocycles. The van der Waals surface area contributed by atoms with Gasteiger partial charge in [0.2, 0.25) is 0 Å². The van der Waals surface area contributed by atoms with Gasteiger partial charge in [-0.15, -0.1) is 0 Å². The molecule has 2 rings (SSSR count). The summed E-state index contributed by atoms with van der Waals surface area (Å²) in [5.74, 6) is 1.25. The average Bonchev–Trinajstić information content (AvgIpc) is 2.31. The molecule has 0 radical (unpaired) electrons. The number of hydrogen-bond acceptors (Lipinski definition) is 1. The van der Waals surface area contributed by atoms with Gasteiger partial charge in [0.15, 0.2) is 5.78 Å². The van der Waals surface area contributed by atoms with Gasteiger partial charge in [0.1, 0.15) is 0 Å². The molecule has 1 nitrogen and oxygen atoms in total. The minimum absolute atomic E-state index is 0.233. The van der Waals surface area contributed by atoms with Gasteiger partial charge < -0.3 is 0 Å². The number of hydrogen-bond donors (Lipinski definition) is 0. The fourth-order valence-electron chi connectivity index (χ4n) is 2.72. The van der Waals surface area contributed by atoms with Gasteiger partial charge >= 0.3 is 0 Å². The first-order valence-corrected chi connectivity index (χ1v) is 7.17. The van der Waals surface area contributed by atoms with Gasteiger partial charge in [-0.05, 0) is 37.8 Å². The Morgan fingerprint density at radius 2 is 2.12 bits per heavy atom. The Morgan fingerprint density at radius 1 is 1.35 bits per heavy atom. The van der Waals surface area contributed by atoms with Crippen molar-refractivity contribution in [3.8, 4) is 0 Å². The Labute approximate surface area is 112 Å². The molecule has 2 heteroatoms. The monoisotopic (exact) mass is 294 g/mol. The molecule has 0 heterocycles. The minimum atomic E-state index is 0.233. The number of Topliss-reactive ketones (excluding diaryl/α,β-unsaturated/α-hetero) is 1. The zero-order chi connectivity index (χ0) is 12.4. The molecule has 0 bridgehead atoms. The lowest BCUT2D eigenvalue weighted by molar-refractivity contribution is 0.0867. The largest absolute Gasteiger partial charge is 0.294 e. The van der Waals surface area contributed by atoms with Crippen LogP contribution in [0.15, 0.2) is 22.7 Å². The summed E-state index contributed by atoms with van der Waals surface area (Å²) in [5.41, 5.74) is 2.02. The predicted molar refractivity (Wildman–Crippen MR) is 74.3 cm³/mol. The standard InChI is InChI=1S/C15H19BrO/c1-10-4-3-5-12(8-10)15(17)13-9-11(2)6-7-14(13)16/h6-7,9-10,12H,3-5,8H2,1-2H3. The van der Waals surface area contributed by atoms with Crippen molar-refractivity contribution in [1.82, 2.24) is 0 Å². The van der Waals surface area contributed by atoms with Crippen LogP contribution in [0, 0.1) is 18.8 Å². The van der Waals surface area contributed by atoms with E-state index in [4.69, 9.17) is 0 Å². The van der Waals surface area contributed by atoms with E-state index in [1.54, 1.807) is 0 Å². The molecule has 1 fully saturated rings. The van der Waals surface area contributed by atoms with E-state index in [1.807, 2.05) is 25.1 Å². The third-order valence-corrected chi connectivity index (χ3v) is 4.39. The topological polar surface area (TPSA) is 17.1 Å². The highest BCUT2D eigenvalue weighted by atomic mass is 79.9. The Balaban J connectivity index is 2.21. The summed E-state index contributed by atoms with van der Waals surface area (Å²) in [4.78, 5) is 12.5. The third-order valence-electron chi connectivity index (χ3n) is 3.69. The first-order valence-electron chi connectivity index (χ1n) is 6.38. The first kappa shape index (κ1) is 12.8. The summed E-state index contributed by atoms with van der Waals surface area (Å²) in [6.45, 7) is 4.29. The maximum atomic E-state index is 12.5. The zero-order valence-electron chi connectivity index (χ0n) is 10.5. The number of carbonyl (C=O) groups excluding carboxylic acids is 1. The van der Waals surface area contributed by atoms with Crippen molar-refractivity contribution in [2.45, 2.75) is 39.5 Å². The Hall–Kier alpha value is -0.630. The van der Waals surface area contributed by atoms with Crippen molar-refractivity contribution >= 4 is 21.7 Å². The molecule has 1 aliphatic rings. The summed E-state index contributed by atoms with van der Waals surface area (Å²) in [6, 6.07) is 6.02. The molecule has 0 spiro atoms. The molecule has 0 aromatic heterocycles. The van der Waals surface area contributed by atoms with E-state index >= 15 is 0 Å². The van der Waals surface area contributed by atoms with Crippen LogP contribution in [-0.4, -0.2) is 5.78 Å². The molecule has 0 N–H and O–H groups in total. The Kier molecular flexibility index (Phi) is 4.03. The maximum Gasteiger partial charge on any atom is 0.167 e. The van der Waals surface area contributed by atoms with Crippen LogP contribution in [0.4, 0.5) is 0 Å². The van der Waals surface area contributed by atoms with Crippen LogP contribution in [0.1, 0.15) is 48.5 Å². The van der Waals surface area contributed by atoms with Crippen molar-refractivity contribution < 1.29 is 4.79 Å². The summed E-state index contributed by atoms with van der Waals surface area (Å²) < 4.78 is 0.936. The molecular formula is C15H19BrO. The first-order chi connectivity index (χ1) is 8.08. The number of carbonyl (C=O) groups is 1. The van der Waals surface area contributed by atoms with E-state index < -0.39 is 0 Å². The van der Waals surface area contributed by atoms with Crippen LogP contribution in [0.25, 0.3) is 0 Å². The van der Waals surface area contributed by atoms with Gasteiger partial charge in [-0.3, -0.25) is 4.79 Å². The lowest BCUT2D eigenvalue weighted by Gasteiger charge is -2.26. The van der Waals surface area contributed by atoms with E-state index in [2.05, 4.69) is 22.9 Å². The molecule has 1 aromatic rings. The molecule has 0 saturated heterocycles. The van der Waals surface area contributed by atoms with Gasteiger partial charge in [-0.1, -0.05) is 47.3 Å². The summed E-state index contributed by atoms with van der Waals surface area (Å²) in [7, 11) is 0. The van der Waals surface area contributed by atoms with E-state index in [0.717, 1.165) is 28.4 Å². The van der Waals surface area contributed by atoms with Crippen LogP contribution < -0.4 is 0 Å². The van der Waals surface area contributed by atoms with Gasteiger partial charge in [-0.25, -0.2) is 0 Å². The highest BCUT2D eigenvalue weighted by Gasteiger charge is 2.26. The van der Waals surface area contributed by atoms with Gasteiger partial charge in [0.05, 0.1) is 0 Å². The molecule has 1 aliphatic carbocycles. The lowest BCUT2D eigenvalue weighted by atomic mass is 9.78. The molecule has 2 unspecified atom stereocenters. The summed E-state index contributed by atoms with van der Waals surface area (Å²) >= 11 is 3.49. The van der Waals surface area contributed by atoms with Crippen molar-refractivity contribution in [3.63, 3.8) is 0 Å². The second kappa shape index (κ2) is 5.34. The number of rotatable bonds is 2. The number of ketones is 1. The Bertz CT molecular complexity index is 425. The smallest absolute Gasteiger partial charge is 0.167 e. The van der Waals surface area contributed by atoms with Crippen LogP contribution >= 0.6 is 15.9 Å². The Morgan fingerprint density at radius 3 is 2.82 bits per heavy atom. The highest BCUT2D eigenvalue weighted by molar-refractivity contribution is 9.10. The predicted octanol–water partition coefficient (Wildman–Crippen LogP) is 4.77. The lowest BCUT2D eigenvalue weighted by Crippen LogP contribution is -2.22.